The number of alkyl halides is 1. The van der Waals surface area contributed by atoms with Crippen molar-refractivity contribution in [2.24, 2.45) is 0 Å². The van der Waals surface area contributed by atoms with Crippen LogP contribution in [-0.2, 0) is 4.74 Å². The van der Waals surface area contributed by atoms with Crippen LogP contribution in [0.2, 0.25) is 0 Å². The fourth-order valence-corrected chi connectivity index (χ4v) is 4.03. The van der Waals surface area contributed by atoms with Crippen molar-refractivity contribution in [3.63, 3.8) is 0 Å². The van der Waals surface area contributed by atoms with Gasteiger partial charge in [0, 0.05) is 4.83 Å². The molecule has 2 atom stereocenters. The van der Waals surface area contributed by atoms with Crippen molar-refractivity contribution in [1.82, 2.24) is 0 Å². The van der Waals surface area contributed by atoms with E-state index in [-0.39, 0.29) is 0 Å². The van der Waals surface area contributed by atoms with E-state index in [0.717, 1.165) is 0 Å². The zero-order valence-corrected chi connectivity index (χ0v) is 12.1. The minimum Gasteiger partial charge on any atom is -0.372 e. The summed E-state index contributed by atoms with van der Waals surface area (Å²) < 4.78 is 6.32. The summed E-state index contributed by atoms with van der Waals surface area (Å²) in [6.45, 7) is 2.26. The topological polar surface area (TPSA) is 9.23 Å². The molecule has 0 aromatic heterocycles. The zero-order valence-electron chi connectivity index (χ0n) is 10.5. The molecule has 1 heterocycles. The lowest BCUT2D eigenvalue weighted by atomic mass is 9.97. The van der Waals surface area contributed by atoms with Gasteiger partial charge in [-0.25, -0.2) is 0 Å². The first-order chi connectivity index (χ1) is 7.74. The Bertz CT molecular complexity index is 211. The molecular weight excluding hydrogens is 264 g/mol. The molecule has 0 N–H and O–H groups in total. The molecule has 0 aromatic rings. The predicted molar refractivity (Wildman–Crippen MR) is 72.2 cm³/mol. The van der Waals surface area contributed by atoms with Crippen LogP contribution in [-0.4, -0.2) is 16.5 Å². The molecule has 2 heteroatoms. The third-order valence-corrected chi connectivity index (χ3v) is 5.17. The second-order valence-electron chi connectivity index (χ2n) is 5.63. The normalized spacial score (nSPS) is 30.0. The molecule has 0 amide bonds. The summed E-state index contributed by atoms with van der Waals surface area (Å²) >= 11 is 3.76. The molecule has 2 aliphatic rings. The lowest BCUT2D eigenvalue weighted by Gasteiger charge is -2.24. The van der Waals surface area contributed by atoms with E-state index in [0.29, 0.717) is 16.5 Å². The highest BCUT2D eigenvalue weighted by atomic mass is 79.9. The molecule has 2 rings (SSSR count). The first kappa shape index (κ1) is 12.9. The molecule has 1 aliphatic heterocycles. The number of halogens is 1. The Morgan fingerprint density at radius 3 is 2.69 bits per heavy atom. The van der Waals surface area contributed by atoms with Crippen LogP contribution in [0, 0.1) is 0 Å². The lowest BCUT2D eigenvalue weighted by Crippen LogP contribution is -2.25. The molecule has 0 aromatic carbocycles. The van der Waals surface area contributed by atoms with Gasteiger partial charge in [-0.3, -0.25) is 0 Å². The predicted octanol–water partition coefficient (Wildman–Crippen LogP) is 4.82. The Morgan fingerprint density at radius 2 is 2.00 bits per heavy atom. The smallest absolute Gasteiger partial charge is 0.0687 e. The highest BCUT2D eigenvalue weighted by molar-refractivity contribution is 9.09. The molecule has 1 spiro atoms. The zero-order chi connectivity index (χ0) is 11.4. The van der Waals surface area contributed by atoms with Gasteiger partial charge in [0.1, 0.15) is 0 Å². The molecule has 1 nitrogen and oxygen atoms in total. The second kappa shape index (κ2) is 5.86. The highest BCUT2D eigenvalue weighted by Gasteiger charge is 2.41. The van der Waals surface area contributed by atoms with E-state index in [4.69, 9.17) is 4.74 Å². The van der Waals surface area contributed by atoms with Gasteiger partial charge in [-0.1, -0.05) is 42.1 Å². The minimum atomic E-state index is 0.331. The Morgan fingerprint density at radius 1 is 1.25 bits per heavy atom. The van der Waals surface area contributed by atoms with Gasteiger partial charge in [0.2, 0.25) is 0 Å². The fourth-order valence-electron chi connectivity index (χ4n) is 3.31. The summed E-state index contributed by atoms with van der Waals surface area (Å²) in [4.78, 5) is 0.709. The van der Waals surface area contributed by atoms with Gasteiger partial charge in [-0.15, -0.1) is 0 Å². The monoisotopic (exact) mass is 288 g/mol. The van der Waals surface area contributed by atoms with E-state index >= 15 is 0 Å². The summed E-state index contributed by atoms with van der Waals surface area (Å²) in [5.74, 6) is 0. The third-order valence-electron chi connectivity index (χ3n) is 4.26. The maximum atomic E-state index is 6.32. The van der Waals surface area contributed by atoms with Crippen molar-refractivity contribution in [2.75, 3.05) is 0 Å². The van der Waals surface area contributed by atoms with E-state index in [1.54, 1.807) is 0 Å². The summed E-state index contributed by atoms with van der Waals surface area (Å²) in [6, 6.07) is 0. The van der Waals surface area contributed by atoms with Crippen molar-refractivity contribution in [3.05, 3.63) is 0 Å². The van der Waals surface area contributed by atoms with Crippen LogP contribution >= 0.6 is 15.9 Å². The minimum absolute atomic E-state index is 0.331. The van der Waals surface area contributed by atoms with Crippen LogP contribution in [0.4, 0.5) is 0 Å². The summed E-state index contributed by atoms with van der Waals surface area (Å²) in [5, 5.41) is 0. The first-order valence-corrected chi connectivity index (χ1v) is 7.97. The summed E-state index contributed by atoms with van der Waals surface area (Å²) in [5.41, 5.74) is 0.331. The summed E-state index contributed by atoms with van der Waals surface area (Å²) in [7, 11) is 0. The Hall–Kier alpha value is 0.440. The molecule has 1 aliphatic carbocycles. The fraction of sp³-hybridized carbons (Fsp3) is 1.00. The van der Waals surface area contributed by atoms with Crippen molar-refractivity contribution < 1.29 is 4.74 Å². The van der Waals surface area contributed by atoms with Crippen molar-refractivity contribution >= 4 is 15.9 Å². The Kier molecular flexibility index (Phi) is 4.72. The molecule has 0 radical (unpaired) electrons. The van der Waals surface area contributed by atoms with Gasteiger partial charge in [0.15, 0.2) is 0 Å². The molecule has 1 saturated carbocycles. The standard InChI is InChI=1S/C14H25BrO/c1-2-5-12(15)6-7-13-8-11-14(16-13)9-3-4-10-14/h12-13H,2-11H2,1H3. The van der Waals surface area contributed by atoms with E-state index in [1.165, 1.54) is 64.2 Å². The average Bonchev–Trinajstić information content (AvgIpc) is 2.88. The van der Waals surface area contributed by atoms with Gasteiger partial charge in [-0.2, -0.15) is 0 Å². The summed E-state index contributed by atoms with van der Waals surface area (Å²) in [6.07, 6.45) is 13.8. The van der Waals surface area contributed by atoms with Gasteiger partial charge in [0.25, 0.3) is 0 Å². The van der Waals surface area contributed by atoms with Crippen LogP contribution in [0.15, 0.2) is 0 Å². The maximum Gasteiger partial charge on any atom is 0.0687 e. The lowest BCUT2D eigenvalue weighted by molar-refractivity contribution is -0.0393. The van der Waals surface area contributed by atoms with E-state index in [9.17, 15) is 0 Å². The first-order valence-electron chi connectivity index (χ1n) is 7.06. The van der Waals surface area contributed by atoms with Gasteiger partial charge >= 0.3 is 0 Å². The SMILES string of the molecule is CCCC(Br)CCC1CCC2(CCCC2)O1. The van der Waals surface area contributed by atoms with Gasteiger partial charge < -0.3 is 4.74 Å². The number of hydrogen-bond donors (Lipinski definition) is 0. The molecule has 16 heavy (non-hydrogen) atoms. The van der Waals surface area contributed by atoms with E-state index in [1.807, 2.05) is 0 Å². The van der Waals surface area contributed by atoms with Gasteiger partial charge in [-0.05, 0) is 44.9 Å². The van der Waals surface area contributed by atoms with Crippen LogP contribution in [0.5, 0.6) is 0 Å². The highest BCUT2D eigenvalue weighted by Crippen LogP contribution is 2.44. The molecule has 94 valence electrons. The van der Waals surface area contributed by atoms with Crippen molar-refractivity contribution in [3.8, 4) is 0 Å². The number of rotatable bonds is 5. The Labute approximate surface area is 108 Å². The molecule has 2 unspecified atom stereocenters. The van der Waals surface area contributed by atoms with Crippen molar-refractivity contribution in [1.29, 1.82) is 0 Å². The third kappa shape index (κ3) is 3.22. The molecule has 1 saturated heterocycles. The van der Waals surface area contributed by atoms with Crippen LogP contribution in [0.3, 0.4) is 0 Å². The average molecular weight is 289 g/mol. The molecular formula is C14H25BrO. The second-order valence-corrected chi connectivity index (χ2v) is 6.93. The molecule has 0 bridgehead atoms. The van der Waals surface area contributed by atoms with Crippen LogP contribution in [0.25, 0.3) is 0 Å². The number of ether oxygens (including phenoxy) is 1. The Balaban J connectivity index is 1.68. The van der Waals surface area contributed by atoms with Crippen molar-refractivity contribution in [2.45, 2.75) is 87.7 Å². The van der Waals surface area contributed by atoms with Crippen LogP contribution < -0.4 is 0 Å². The van der Waals surface area contributed by atoms with Gasteiger partial charge in [0.05, 0.1) is 11.7 Å². The van der Waals surface area contributed by atoms with E-state index in [2.05, 4.69) is 22.9 Å². The number of hydrogen-bond acceptors (Lipinski definition) is 1. The van der Waals surface area contributed by atoms with Crippen LogP contribution in [0.1, 0.15) is 71.1 Å². The molecule has 2 fully saturated rings. The maximum absolute atomic E-state index is 6.32. The quantitative estimate of drug-likeness (QED) is 0.659. The largest absolute Gasteiger partial charge is 0.372 e. The van der Waals surface area contributed by atoms with E-state index < -0.39 is 0 Å².